The van der Waals surface area contributed by atoms with Crippen molar-refractivity contribution in [2.75, 3.05) is 39.4 Å². The molecule has 0 spiro atoms. The van der Waals surface area contributed by atoms with Crippen LogP contribution in [0.15, 0.2) is 18.2 Å². The van der Waals surface area contributed by atoms with Gasteiger partial charge in [-0.2, -0.15) is 0 Å². The molecule has 0 amide bonds. The maximum absolute atomic E-state index is 13.3. The summed E-state index contributed by atoms with van der Waals surface area (Å²) in [5.41, 5.74) is 0.718. The van der Waals surface area contributed by atoms with Gasteiger partial charge >= 0.3 is 0 Å². The Morgan fingerprint density at radius 1 is 1.05 bits per heavy atom. The van der Waals surface area contributed by atoms with Gasteiger partial charge in [0.1, 0.15) is 11.6 Å². The molecule has 2 heterocycles. The van der Waals surface area contributed by atoms with E-state index in [1.165, 1.54) is 18.6 Å². The second kappa shape index (κ2) is 6.81. The second-order valence-electron chi connectivity index (χ2n) is 5.96. The van der Waals surface area contributed by atoms with Crippen molar-refractivity contribution in [1.29, 1.82) is 0 Å². The molecular formula is C16H22F2N2O. The Morgan fingerprint density at radius 2 is 1.76 bits per heavy atom. The third-order valence-corrected chi connectivity index (χ3v) is 4.37. The largest absolute Gasteiger partial charge is 0.379 e. The molecule has 2 fully saturated rings. The lowest BCUT2D eigenvalue weighted by molar-refractivity contribution is -0.00359. The summed E-state index contributed by atoms with van der Waals surface area (Å²) in [7, 11) is 0. The van der Waals surface area contributed by atoms with E-state index < -0.39 is 11.6 Å². The molecule has 0 bridgehead atoms. The van der Waals surface area contributed by atoms with E-state index in [2.05, 4.69) is 9.80 Å². The predicted octanol–water partition coefficient (Wildman–Crippen LogP) is 2.26. The molecule has 0 aliphatic carbocycles. The number of nitrogens with zero attached hydrogens (tertiary/aromatic N) is 2. The molecule has 1 aromatic carbocycles. The van der Waals surface area contributed by atoms with Gasteiger partial charge in [-0.05, 0) is 37.1 Å². The number of piperidine rings is 1. The molecular weight excluding hydrogens is 274 g/mol. The molecule has 1 atom stereocenters. The lowest BCUT2D eigenvalue weighted by atomic mass is 10.0. The van der Waals surface area contributed by atoms with Crippen molar-refractivity contribution >= 4 is 0 Å². The zero-order valence-corrected chi connectivity index (χ0v) is 12.2. The maximum atomic E-state index is 13.3. The highest BCUT2D eigenvalue weighted by Crippen LogP contribution is 2.19. The Balaban J connectivity index is 1.60. The minimum atomic E-state index is -0.494. The van der Waals surface area contributed by atoms with Crippen LogP contribution in [0.4, 0.5) is 8.78 Å². The van der Waals surface area contributed by atoms with Crippen molar-refractivity contribution in [2.45, 2.75) is 25.4 Å². The molecule has 2 aliphatic heterocycles. The van der Waals surface area contributed by atoms with E-state index in [4.69, 9.17) is 4.74 Å². The monoisotopic (exact) mass is 296 g/mol. The Hall–Kier alpha value is -1.04. The summed E-state index contributed by atoms with van der Waals surface area (Å²) in [5.74, 6) is -0.988. The van der Waals surface area contributed by atoms with Crippen molar-refractivity contribution in [2.24, 2.45) is 0 Å². The van der Waals surface area contributed by atoms with Crippen molar-refractivity contribution in [3.8, 4) is 0 Å². The van der Waals surface area contributed by atoms with E-state index in [1.54, 1.807) is 0 Å². The normalized spacial score (nSPS) is 25.1. The highest BCUT2D eigenvalue weighted by atomic mass is 19.1. The standard InChI is InChI=1S/C16H22F2N2O/c17-14-8-13(9-15(18)10-14)11-19-3-1-2-16(12-19)20-4-6-21-7-5-20/h8-10,16H,1-7,11-12H2. The van der Waals surface area contributed by atoms with Crippen LogP contribution in [0.2, 0.25) is 0 Å². The molecule has 3 nitrogen and oxygen atoms in total. The number of hydrogen-bond acceptors (Lipinski definition) is 3. The number of rotatable bonds is 3. The van der Waals surface area contributed by atoms with E-state index >= 15 is 0 Å². The van der Waals surface area contributed by atoms with Crippen LogP contribution in [0.1, 0.15) is 18.4 Å². The predicted molar refractivity (Wildman–Crippen MR) is 77.0 cm³/mol. The Morgan fingerprint density at radius 3 is 2.48 bits per heavy atom. The molecule has 0 saturated carbocycles. The van der Waals surface area contributed by atoms with Crippen LogP contribution >= 0.6 is 0 Å². The van der Waals surface area contributed by atoms with Gasteiger partial charge in [0, 0.05) is 38.3 Å². The van der Waals surface area contributed by atoms with E-state index in [9.17, 15) is 8.78 Å². The average Bonchev–Trinajstić information content (AvgIpc) is 2.47. The fourth-order valence-corrected chi connectivity index (χ4v) is 3.38. The van der Waals surface area contributed by atoms with Crippen LogP contribution in [0, 0.1) is 11.6 Å². The Bertz CT molecular complexity index is 457. The number of likely N-dealkylation sites (tertiary alicyclic amines) is 1. The van der Waals surface area contributed by atoms with E-state index in [0.717, 1.165) is 57.4 Å². The fraction of sp³-hybridized carbons (Fsp3) is 0.625. The van der Waals surface area contributed by atoms with Gasteiger partial charge in [0.05, 0.1) is 13.2 Å². The van der Waals surface area contributed by atoms with Crippen LogP contribution < -0.4 is 0 Å². The molecule has 0 N–H and O–H groups in total. The molecule has 5 heteroatoms. The summed E-state index contributed by atoms with van der Waals surface area (Å²) in [6.07, 6.45) is 2.34. The highest BCUT2D eigenvalue weighted by molar-refractivity contribution is 5.17. The number of halogens is 2. The zero-order valence-electron chi connectivity index (χ0n) is 12.2. The van der Waals surface area contributed by atoms with Crippen LogP contribution in [0.3, 0.4) is 0 Å². The van der Waals surface area contributed by atoms with Crippen molar-refractivity contribution in [3.05, 3.63) is 35.4 Å². The van der Waals surface area contributed by atoms with Crippen LogP contribution in [0.5, 0.6) is 0 Å². The molecule has 1 aromatic rings. The van der Waals surface area contributed by atoms with Gasteiger partial charge in [-0.3, -0.25) is 9.80 Å². The summed E-state index contributed by atoms with van der Waals surface area (Å²) in [6, 6.07) is 4.33. The number of morpholine rings is 1. The van der Waals surface area contributed by atoms with Gasteiger partial charge in [0.2, 0.25) is 0 Å². The third kappa shape index (κ3) is 3.99. The first-order valence-corrected chi connectivity index (χ1v) is 7.70. The summed E-state index contributed by atoms with van der Waals surface area (Å²) < 4.78 is 31.9. The van der Waals surface area contributed by atoms with Gasteiger partial charge < -0.3 is 4.74 Å². The van der Waals surface area contributed by atoms with Crippen LogP contribution in [0.25, 0.3) is 0 Å². The van der Waals surface area contributed by atoms with Crippen molar-refractivity contribution in [1.82, 2.24) is 9.80 Å². The minimum Gasteiger partial charge on any atom is -0.379 e. The molecule has 0 radical (unpaired) electrons. The zero-order chi connectivity index (χ0) is 14.7. The SMILES string of the molecule is Fc1cc(F)cc(CN2CCCC(N3CCOCC3)C2)c1. The van der Waals surface area contributed by atoms with Crippen LogP contribution in [-0.4, -0.2) is 55.2 Å². The molecule has 2 saturated heterocycles. The van der Waals surface area contributed by atoms with Gasteiger partial charge in [0.15, 0.2) is 0 Å². The smallest absolute Gasteiger partial charge is 0.126 e. The molecule has 1 unspecified atom stereocenters. The van der Waals surface area contributed by atoms with Gasteiger partial charge in [-0.15, -0.1) is 0 Å². The molecule has 0 aromatic heterocycles. The van der Waals surface area contributed by atoms with Crippen LogP contribution in [-0.2, 0) is 11.3 Å². The molecule has 3 rings (SSSR count). The fourth-order valence-electron chi connectivity index (χ4n) is 3.38. The lowest BCUT2D eigenvalue weighted by Crippen LogP contribution is -2.51. The minimum absolute atomic E-state index is 0.494. The quantitative estimate of drug-likeness (QED) is 0.851. The summed E-state index contributed by atoms with van der Waals surface area (Å²) >= 11 is 0. The second-order valence-corrected chi connectivity index (χ2v) is 5.96. The molecule has 21 heavy (non-hydrogen) atoms. The molecule has 116 valence electrons. The first-order valence-electron chi connectivity index (χ1n) is 7.70. The lowest BCUT2D eigenvalue weighted by Gasteiger charge is -2.40. The number of benzene rings is 1. The number of ether oxygens (including phenoxy) is 1. The van der Waals surface area contributed by atoms with Gasteiger partial charge in [-0.1, -0.05) is 0 Å². The van der Waals surface area contributed by atoms with Crippen molar-refractivity contribution in [3.63, 3.8) is 0 Å². The highest BCUT2D eigenvalue weighted by Gasteiger charge is 2.26. The third-order valence-electron chi connectivity index (χ3n) is 4.37. The summed E-state index contributed by atoms with van der Waals surface area (Å²) in [4.78, 5) is 4.79. The maximum Gasteiger partial charge on any atom is 0.126 e. The first kappa shape index (κ1) is 14.9. The van der Waals surface area contributed by atoms with E-state index in [-0.39, 0.29) is 0 Å². The van der Waals surface area contributed by atoms with Gasteiger partial charge in [-0.25, -0.2) is 8.78 Å². The summed E-state index contributed by atoms with van der Waals surface area (Å²) in [6.45, 7) is 6.20. The number of hydrogen-bond donors (Lipinski definition) is 0. The topological polar surface area (TPSA) is 15.7 Å². The summed E-state index contributed by atoms with van der Waals surface area (Å²) in [5, 5.41) is 0. The first-order chi connectivity index (χ1) is 10.2. The van der Waals surface area contributed by atoms with E-state index in [1.807, 2.05) is 0 Å². The van der Waals surface area contributed by atoms with Crippen molar-refractivity contribution < 1.29 is 13.5 Å². The molecule has 2 aliphatic rings. The Labute approximate surface area is 124 Å². The Kier molecular flexibility index (Phi) is 4.83. The van der Waals surface area contributed by atoms with Gasteiger partial charge in [0.25, 0.3) is 0 Å². The van der Waals surface area contributed by atoms with E-state index in [0.29, 0.717) is 12.6 Å². The average molecular weight is 296 g/mol.